The Morgan fingerprint density at radius 2 is 2.03 bits per heavy atom. The van der Waals surface area contributed by atoms with Crippen LogP contribution in [0.2, 0.25) is 10.0 Å². The van der Waals surface area contributed by atoms with Crippen molar-refractivity contribution < 1.29 is 22.7 Å². The van der Waals surface area contributed by atoms with Gasteiger partial charge in [-0.1, -0.05) is 53.2 Å². The van der Waals surface area contributed by atoms with E-state index in [9.17, 15) is 18.0 Å². The molecule has 0 saturated carbocycles. The first kappa shape index (κ1) is 24.7. The van der Waals surface area contributed by atoms with Gasteiger partial charge in [-0.05, 0) is 24.6 Å². The smallest absolute Gasteiger partial charge is 0.316 e. The summed E-state index contributed by atoms with van der Waals surface area (Å²) in [7, 11) is -2.60. The largest absolute Gasteiger partial charge is 0.468 e. The van der Waals surface area contributed by atoms with Crippen LogP contribution in [0.25, 0.3) is 0 Å². The predicted octanol–water partition coefficient (Wildman–Crippen LogP) is 3.29. The van der Waals surface area contributed by atoms with E-state index in [2.05, 4.69) is 20.3 Å². The van der Waals surface area contributed by atoms with Crippen molar-refractivity contribution in [1.82, 2.24) is 10.2 Å². The molecule has 1 amide bonds. The Labute approximate surface area is 192 Å². The van der Waals surface area contributed by atoms with Crippen LogP contribution in [0, 0.1) is 0 Å². The molecule has 0 aliphatic rings. The number of sulfonamides is 1. The second-order valence-electron chi connectivity index (χ2n) is 5.81. The van der Waals surface area contributed by atoms with E-state index in [0.717, 1.165) is 33.7 Å². The summed E-state index contributed by atoms with van der Waals surface area (Å²) in [6, 6.07) is 3.25. The van der Waals surface area contributed by atoms with Crippen molar-refractivity contribution in [3.8, 4) is 0 Å². The third-order valence-corrected chi connectivity index (χ3v) is 7.32. The minimum Gasteiger partial charge on any atom is -0.468 e. The van der Waals surface area contributed by atoms with Crippen molar-refractivity contribution in [3.63, 3.8) is 0 Å². The summed E-state index contributed by atoms with van der Waals surface area (Å²) < 4.78 is 30.9. The third kappa shape index (κ3) is 6.45. The number of nitrogens with one attached hydrogen (secondary N) is 1. The van der Waals surface area contributed by atoms with E-state index < -0.39 is 27.9 Å². The number of aromatic nitrogens is 2. The van der Waals surface area contributed by atoms with Gasteiger partial charge in [0.25, 0.3) is 0 Å². The molecule has 1 atom stereocenters. The maximum Gasteiger partial charge on any atom is 0.316 e. The number of hydrogen-bond donors (Lipinski definition) is 1. The summed E-state index contributed by atoms with van der Waals surface area (Å²) in [4.78, 5) is 24.1. The van der Waals surface area contributed by atoms with Gasteiger partial charge in [-0.15, -0.1) is 10.2 Å². The highest BCUT2D eigenvalue weighted by atomic mass is 35.5. The van der Waals surface area contributed by atoms with Crippen LogP contribution in [0.5, 0.6) is 0 Å². The molecule has 0 bridgehead atoms. The standard InChI is InChI=1S/C16H18Cl2N4O5S3/c1-4-11(22(30(3,25)26)12-7-9(17)5-6-10(12)18)14(24)19-15-20-21-16(29-15)28-8-13(23)27-2/h5-7,11H,4,8H2,1-3H3,(H,19,20,24). The van der Waals surface area contributed by atoms with E-state index in [4.69, 9.17) is 23.2 Å². The minimum absolute atomic E-state index is 0.0474. The number of nitrogens with zero attached hydrogens (tertiary/aromatic N) is 3. The van der Waals surface area contributed by atoms with Gasteiger partial charge >= 0.3 is 5.97 Å². The number of carbonyl (C=O) groups excluding carboxylic acids is 2. The molecular weight excluding hydrogens is 495 g/mol. The molecule has 0 fully saturated rings. The Bertz CT molecular complexity index is 1030. The van der Waals surface area contributed by atoms with Crippen LogP contribution in [0.1, 0.15) is 13.3 Å². The van der Waals surface area contributed by atoms with Crippen LogP contribution in [-0.2, 0) is 24.3 Å². The number of ether oxygens (including phenoxy) is 1. The fraction of sp³-hybridized carbons (Fsp3) is 0.375. The molecular formula is C16H18Cl2N4O5S3. The molecule has 0 aliphatic carbocycles. The van der Waals surface area contributed by atoms with Crippen LogP contribution >= 0.6 is 46.3 Å². The quantitative estimate of drug-likeness (QED) is 0.308. The Hall–Kier alpha value is -1.60. The van der Waals surface area contributed by atoms with Crippen LogP contribution in [0.4, 0.5) is 10.8 Å². The summed E-state index contributed by atoms with van der Waals surface area (Å²) in [5, 5.41) is 10.9. The summed E-state index contributed by atoms with van der Waals surface area (Å²) in [5.74, 6) is -0.986. The lowest BCUT2D eigenvalue weighted by Crippen LogP contribution is -2.47. The average Bonchev–Trinajstić information content (AvgIpc) is 3.12. The molecule has 0 aliphatic heterocycles. The molecule has 1 aromatic heterocycles. The number of amides is 1. The fourth-order valence-corrected chi connectivity index (χ4v) is 5.60. The van der Waals surface area contributed by atoms with Gasteiger partial charge in [0.2, 0.25) is 21.1 Å². The molecule has 14 heteroatoms. The molecule has 164 valence electrons. The highest BCUT2D eigenvalue weighted by Gasteiger charge is 2.33. The molecule has 2 rings (SSSR count). The first-order chi connectivity index (χ1) is 14.1. The lowest BCUT2D eigenvalue weighted by Gasteiger charge is -2.30. The van der Waals surface area contributed by atoms with Crippen LogP contribution in [-0.4, -0.2) is 55.7 Å². The zero-order valence-corrected chi connectivity index (χ0v) is 20.0. The van der Waals surface area contributed by atoms with Gasteiger partial charge in [0.1, 0.15) is 6.04 Å². The second kappa shape index (κ2) is 10.6. The Morgan fingerprint density at radius 3 is 2.63 bits per heavy atom. The van der Waals surface area contributed by atoms with Gasteiger partial charge in [-0.2, -0.15) is 0 Å². The maximum absolute atomic E-state index is 12.9. The van der Waals surface area contributed by atoms with Gasteiger partial charge in [-0.25, -0.2) is 8.42 Å². The van der Waals surface area contributed by atoms with Gasteiger partial charge in [0.15, 0.2) is 4.34 Å². The first-order valence-electron chi connectivity index (χ1n) is 8.35. The van der Waals surface area contributed by atoms with E-state index in [-0.39, 0.29) is 33.0 Å². The minimum atomic E-state index is -3.88. The van der Waals surface area contributed by atoms with Crippen molar-refractivity contribution in [1.29, 1.82) is 0 Å². The molecule has 2 aromatic rings. The highest BCUT2D eigenvalue weighted by molar-refractivity contribution is 8.01. The third-order valence-electron chi connectivity index (χ3n) is 3.65. The van der Waals surface area contributed by atoms with E-state index in [1.165, 1.54) is 25.3 Å². The number of benzene rings is 1. The number of hydrogen-bond acceptors (Lipinski definition) is 9. The molecule has 1 unspecified atom stereocenters. The SMILES string of the molecule is CCC(C(=O)Nc1nnc(SCC(=O)OC)s1)N(c1cc(Cl)ccc1Cl)S(C)(=O)=O. The van der Waals surface area contributed by atoms with Crippen molar-refractivity contribution in [2.45, 2.75) is 23.7 Å². The van der Waals surface area contributed by atoms with Gasteiger partial charge in [0, 0.05) is 5.02 Å². The van der Waals surface area contributed by atoms with Crippen molar-refractivity contribution in [3.05, 3.63) is 28.2 Å². The number of rotatable bonds is 9. The van der Waals surface area contributed by atoms with E-state index in [1.807, 2.05) is 0 Å². The normalized spacial score (nSPS) is 12.3. The summed E-state index contributed by atoms with van der Waals surface area (Å²) in [6.07, 6.45) is 1.14. The number of esters is 1. The lowest BCUT2D eigenvalue weighted by molar-refractivity contribution is -0.137. The van der Waals surface area contributed by atoms with Gasteiger partial charge in [-0.3, -0.25) is 19.2 Å². The number of thioether (sulfide) groups is 1. The first-order valence-corrected chi connectivity index (χ1v) is 12.8. The molecule has 1 aromatic carbocycles. The Morgan fingerprint density at radius 1 is 1.33 bits per heavy atom. The monoisotopic (exact) mass is 512 g/mol. The van der Waals surface area contributed by atoms with Crippen molar-refractivity contribution >= 4 is 79.0 Å². The number of anilines is 2. The number of carbonyl (C=O) groups is 2. The molecule has 1 heterocycles. The maximum atomic E-state index is 12.9. The van der Waals surface area contributed by atoms with Crippen LogP contribution in [0.3, 0.4) is 0 Å². The predicted molar refractivity (Wildman–Crippen MR) is 119 cm³/mol. The second-order valence-corrected chi connectivity index (χ2v) is 10.7. The van der Waals surface area contributed by atoms with E-state index in [1.54, 1.807) is 6.92 Å². The van der Waals surface area contributed by atoms with E-state index >= 15 is 0 Å². The van der Waals surface area contributed by atoms with Gasteiger partial charge in [0.05, 0.1) is 29.8 Å². The number of methoxy groups -OCH3 is 1. The summed E-state index contributed by atoms with van der Waals surface area (Å²) in [6.45, 7) is 1.67. The average molecular weight is 513 g/mol. The zero-order chi connectivity index (χ0) is 22.5. The van der Waals surface area contributed by atoms with E-state index in [0.29, 0.717) is 4.34 Å². The fourth-order valence-electron chi connectivity index (χ4n) is 2.38. The van der Waals surface area contributed by atoms with Gasteiger partial charge < -0.3 is 4.74 Å². The molecule has 0 spiro atoms. The van der Waals surface area contributed by atoms with Crippen molar-refractivity contribution in [2.75, 3.05) is 28.7 Å². The van der Waals surface area contributed by atoms with Crippen LogP contribution < -0.4 is 9.62 Å². The zero-order valence-electron chi connectivity index (χ0n) is 16.1. The molecule has 0 radical (unpaired) electrons. The lowest BCUT2D eigenvalue weighted by atomic mass is 10.2. The molecule has 30 heavy (non-hydrogen) atoms. The summed E-state index contributed by atoms with van der Waals surface area (Å²) >= 11 is 14.3. The molecule has 0 saturated heterocycles. The van der Waals surface area contributed by atoms with Crippen molar-refractivity contribution in [2.24, 2.45) is 0 Å². The topological polar surface area (TPSA) is 119 Å². The molecule has 1 N–H and O–H groups in total. The Kier molecular flexibility index (Phi) is 8.73. The van der Waals surface area contributed by atoms with Crippen LogP contribution in [0.15, 0.2) is 22.5 Å². The highest BCUT2D eigenvalue weighted by Crippen LogP contribution is 2.33. The number of halogens is 2. The Balaban J connectivity index is 2.26. The molecule has 9 nitrogen and oxygen atoms in total. The summed E-state index contributed by atoms with van der Waals surface area (Å²) in [5.41, 5.74) is 0.0975.